The van der Waals surface area contributed by atoms with Gasteiger partial charge in [-0.25, -0.2) is 0 Å². The van der Waals surface area contributed by atoms with E-state index >= 15 is 0 Å². The predicted molar refractivity (Wildman–Crippen MR) is 77.3 cm³/mol. The van der Waals surface area contributed by atoms with Crippen LogP contribution in [-0.2, 0) is 0 Å². The molecular weight excluding hydrogens is 248 g/mol. The van der Waals surface area contributed by atoms with Gasteiger partial charge in [-0.15, -0.1) is 0 Å². The molecule has 3 heteroatoms. The van der Waals surface area contributed by atoms with Crippen molar-refractivity contribution in [2.75, 3.05) is 0 Å². The van der Waals surface area contributed by atoms with Crippen LogP contribution in [0.4, 0.5) is 0 Å². The van der Waals surface area contributed by atoms with Gasteiger partial charge in [0, 0.05) is 17.4 Å². The van der Waals surface area contributed by atoms with Crippen LogP contribution >= 0.6 is 0 Å². The molecule has 4 bridgehead atoms. The van der Waals surface area contributed by atoms with Crippen LogP contribution in [0.1, 0.15) is 54.6 Å². The van der Waals surface area contributed by atoms with Crippen molar-refractivity contribution in [1.29, 1.82) is 0 Å². The van der Waals surface area contributed by atoms with Crippen LogP contribution in [0.2, 0.25) is 0 Å². The number of carbonyl (C=O) groups excluding carboxylic acids is 1. The molecule has 5 rings (SSSR count). The summed E-state index contributed by atoms with van der Waals surface area (Å²) in [5, 5.41) is 3.38. The maximum absolute atomic E-state index is 12.5. The van der Waals surface area contributed by atoms with Gasteiger partial charge in [0.2, 0.25) is 0 Å². The second kappa shape index (κ2) is 4.31. The Hall–Kier alpha value is -1.38. The first-order valence-electron chi connectivity index (χ1n) is 7.87. The quantitative estimate of drug-likeness (QED) is 0.897. The second-order valence-corrected chi connectivity index (χ2v) is 7.34. The molecule has 4 saturated carbocycles. The Balaban J connectivity index is 1.53. The van der Waals surface area contributed by atoms with Gasteiger partial charge in [-0.2, -0.15) is 0 Å². The molecule has 106 valence electrons. The average molecular weight is 270 g/mol. The molecule has 1 N–H and O–H groups in total. The Labute approximate surface area is 120 Å². The van der Waals surface area contributed by atoms with Crippen LogP contribution in [0.15, 0.2) is 18.3 Å². The molecule has 0 aromatic carbocycles. The lowest BCUT2D eigenvalue weighted by Crippen LogP contribution is -2.59. The van der Waals surface area contributed by atoms with E-state index in [-0.39, 0.29) is 11.4 Å². The van der Waals surface area contributed by atoms with Crippen LogP contribution in [-0.4, -0.2) is 16.4 Å². The van der Waals surface area contributed by atoms with Crippen LogP contribution in [0.5, 0.6) is 0 Å². The molecule has 3 nitrogen and oxygen atoms in total. The van der Waals surface area contributed by atoms with E-state index in [2.05, 4.69) is 10.3 Å². The Kier molecular flexibility index (Phi) is 2.66. The van der Waals surface area contributed by atoms with Crippen LogP contribution in [0, 0.1) is 24.7 Å². The van der Waals surface area contributed by atoms with E-state index in [1.54, 1.807) is 6.20 Å². The third kappa shape index (κ3) is 2.04. The van der Waals surface area contributed by atoms with Crippen molar-refractivity contribution in [3.05, 3.63) is 29.6 Å². The minimum Gasteiger partial charge on any atom is -0.347 e. The number of pyridine rings is 1. The highest BCUT2D eigenvalue weighted by molar-refractivity contribution is 5.94. The van der Waals surface area contributed by atoms with Crippen molar-refractivity contribution in [2.24, 2.45) is 17.8 Å². The van der Waals surface area contributed by atoms with Gasteiger partial charge in [-0.1, -0.05) is 0 Å². The van der Waals surface area contributed by atoms with Gasteiger partial charge in [0.25, 0.3) is 5.91 Å². The Bertz CT molecular complexity index is 499. The summed E-state index contributed by atoms with van der Waals surface area (Å²) in [6.07, 6.45) is 9.51. The number of nitrogens with zero attached hydrogens (tertiary/aromatic N) is 1. The van der Waals surface area contributed by atoms with Gasteiger partial charge >= 0.3 is 0 Å². The molecule has 1 aromatic rings. The number of amides is 1. The summed E-state index contributed by atoms with van der Waals surface area (Å²) in [4.78, 5) is 16.7. The van der Waals surface area contributed by atoms with Crippen molar-refractivity contribution in [3.8, 4) is 0 Å². The first-order valence-corrected chi connectivity index (χ1v) is 7.87. The largest absolute Gasteiger partial charge is 0.347 e. The van der Waals surface area contributed by atoms with Crippen LogP contribution < -0.4 is 5.32 Å². The third-order valence-electron chi connectivity index (χ3n) is 5.59. The van der Waals surface area contributed by atoms with Crippen molar-refractivity contribution < 1.29 is 4.79 Å². The maximum atomic E-state index is 12.5. The molecule has 1 heterocycles. The summed E-state index contributed by atoms with van der Waals surface area (Å²) in [6, 6.07) is 3.80. The topological polar surface area (TPSA) is 42.0 Å². The summed E-state index contributed by atoms with van der Waals surface area (Å²) in [7, 11) is 0. The van der Waals surface area contributed by atoms with Gasteiger partial charge in [0.1, 0.15) is 0 Å². The molecule has 0 aliphatic heterocycles. The first-order chi connectivity index (χ1) is 9.62. The summed E-state index contributed by atoms with van der Waals surface area (Å²) in [6.45, 7) is 1.95. The minimum absolute atomic E-state index is 0.0689. The molecule has 0 saturated heterocycles. The van der Waals surface area contributed by atoms with E-state index < -0.39 is 0 Å². The summed E-state index contributed by atoms with van der Waals surface area (Å²) in [5.41, 5.74) is 1.75. The molecule has 4 aliphatic rings. The monoisotopic (exact) mass is 270 g/mol. The summed E-state index contributed by atoms with van der Waals surface area (Å²) in [5.74, 6) is 2.65. The molecule has 0 spiro atoms. The van der Waals surface area contributed by atoms with Crippen molar-refractivity contribution in [3.63, 3.8) is 0 Å². The number of hydrogen-bond donors (Lipinski definition) is 1. The zero-order chi connectivity index (χ0) is 13.7. The third-order valence-corrected chi connectivity index (χ3v) is 5.59. The minimum atomic E-state index is 0.0689. The zero-order valence-corrected chi connectivity index (χ0v) is 12.1. The van der Waals surface area contributed by atoms with E-state index in [9.17, 15) is 4.79 Å². The highest BCUT2D eigenvalue weighted by Gasteiger charge is 2.51. The molecule has 0 atom stereocenters. The van der Waals surface area contributed by atoms with E-state index in [4.69, 9.17) is 0 Å². The lowest BCUT2D eigenvalue weighted by molar-refractivity contribution is -0.0167. The smallest absolute Gasteiger partial charge is 0.253 e. The number of aromatic nitrogens is 1. The standard InChI is InChI=1S/C17H22N2O/c1-11-2-3-15(10-18-11)16(20)19-17-7-12-4-13(8-17)6-14(5-12)9-17/h2-3,10,12-14H,4-9H2,1H3,(H,19,20). The van der Waals surface area contributed by atoms with Crippen molar-refractivity contribution >= 4 is 5.91 Å². The molecule has 0 radical (unpaired) electrons. The summed E-state index contributed by atoms with van der Waals surface area (Å²) >= 11 is 0. The number of carbonyl (C=O) groups is 1. The van der Waals surface area contributed by atoms with Gasteiger partial charge in [-0.05, 0) is 75.3 Å². The number of rotatable bonds is 2. The number of hydrogen-bond acceptors (Lipinski definition) is 2. The van der Waals surface area contributed by atoms with Crippen molar-refractivity contribution in [2.45, 2.75) is 51.0 Å². The molecule has 1 amide bonds. The molecular formula is C17H22N2O. The molecule has 1 aromatic heterocycles. The SMILES string of the molecule is Cc1ccc(C(=O)NC23CC4CC(CC(C4)C2)C3)cn1. The van der Waals surface area contributed by atoms with Gasteiger partial charge in [0.05, 0.1) is 5.56 Å². The fourth-order valence-corrected chi connectivity index (χ4v) is 5.18. The fourth-order valence-electron chi connectivity index (χ4n) is 5.18. The highest BCUT2D eigenvalue weighted by Crippen LogP contribution is 2.55. The number of nitrogens with one attached hydrogen (secondary N) is 1. The predicted octanol–water partition coefficient (Wildman–Crippen LogP) is 3.09. The molecule has 4 fully saturated rings. The highest BCUT2D eigenvalue weighted by atomic mass is 16.1. The van der Waals surface area contributed by atoms with E-state index in [0.29, 0.717) is 5.56 Å². The van der Waals surface area contributed by atoms with E-state index in [0.717, 1.165) is 23.4 Å². The van der Waals surface area contributed by atoms with Crippen LogP contribution in [0.25, 0.3) is 0 Å². The first kappa shape index (κ1) is 12.4. The van der Waals surface area contributed by atoms with E-state index in [1.165, 1.54) is 38.5 Å². The summed E-state index contributed by atoms with van der Waals surface area (Å²) < 4.78 is 0. The maximum Gasteiger partial charge on any atom is 0.253 e. The normalized spacial score (nSPS) is 38.0. The lowest BCUT2D eigenvalue weighted by Gasteiger charge is -2.56. The van der Waals surface area contributed by atoms with Gasteiger partial charge < -0.3 is 5.32 Å². The van der Waals surface area contributed by atoms with Crippen molar-refractivity contribution in [1.82, 2.24) is 10.3 Å². The average Bonchev–Trinajstić information content (AvgIpc) is 2.37. The van der Waals surface area contributed by atoms with Crippen LogP contribution in [0.3, 0.4) is 0 Å². The molecule has 20 heavy (non-hydrogen) atoms. The molecule has 0 unspecified atom stereocenters. The Morgan fingerprint density at radius 1 is 1.15 bits per heavy atom. The second-order valence-electron chi connectivity index (χ2n) is 7.34. The number of aryl methyl sites for hydroxylation is 1. The Morgan fingerprint density at radius 3 is 2.25 bits per heavy atom. The molecule has 4 aliphatic carbocycles. The fraction of sp³-hybridized carbons (Fsp3) is 0.647. The Morgan fingerprint density at radius 2 is 1.75 bits per heavy atom. The van der Waals surface area contributed by atoms with Gasteiger partial charge in [-0.3, -0.25) is 9.78 Å². The van der Waals surface area contributed by atoms with E-state index in [1.807, 2.05) is 19.1 Å². The lowest BCUT2D eigenvalue weighted by atomic mass is 9.53. The zero-order valence-electron chi connectivity index (χ0n) is 12.1. The van der Waals surface area contributed by atoms with Gasteiger partial charge in [0.15, 0.2) is 0 Å².